The molecule has 4 rings (SSSR count). The highest BCUT2D eigenvalue weighted by molar-refractivity contribution is 6.51. The number of para-hydroxylation sites is 1. The number of anilines is 1. The average Bonchev–Trinajstić information content (AvgIpc) is 3.13. The van der Waals surface area contributed by atoms with Gasteiger partial charge in [0.1, 0.15) is 17.6 Å². The van der Waals surface area contributed by atoms with Crippen LogP contribution in [0.15, 0.2) is 78.5 Å². The van der Waals surface area contributed by atoms with Crippen LogP contribution >= 0.6 is 0 Å². The third kappa shape index (κ3) is 4.57. The standard InChI is InChI=1S/C28H28N2O4/c1-3-4-9-18-34-21-15-13-20(14-16-21)26(31)24-25(22-11-7-8-17-29-22)30(28(33)27(24)32)23-12-6-5-10-19(23)2/h5-8,10-17,25,31H,3-4,9,18H2,1-2H3/b26-24-. The van der Waals surface area contributed by atoms with Gasteiger partial charge in [-0.25, -0.2) is 0 Å². The molecule has 6 heteroatoms. The van der Waals surface area contributed by atoms with Crippen molar-refractivity contribution in [2.45, 2.75) is 39.2 Å². The van der Waals surface area contributed by atoms with E-state index in [1.54, 1.807) is 54.7 Å². The third-order valence-corrected chi connectivity index (χ3v) is 5.93. The number of ether oxygens (including phenoxy) is 1. The van der Waals surface area contributed by atoms with Crippen LogP contribution in [0, 0.1) is 6.92 Å². The summed E-state index contributed by atoms with van der Waals surface area (Å²) in [7, 11) is 0. The second-order valence-corrected chi connectivity index (χ2v) is 8.29. The Kier molecular flexibility index (Phi) is 7.07. The number of hydrogen-bond acceptors (Lipinski definition) is 5. The lowest BCUT2D eigenvalue weighted by atomic mass is 9.98. The van der Waals surface area contributed by atoms with E-state index >= 15 is 0 Å². The van der Waals surface area contributed by atoms with E-state index in [0.29, 0.717) is 29.3 Å². The topological polar surface area (TPSA) is 79.7 Å². The Balaban J connectivity index is 1.75. The highest BCUT2D eigenvalue weighted by atomic mass is 16.5. The number of unbranched alkanes of at least 4 members (excludes halogenated alkanes) is 2. The van der Waals surface area contributed by atoms with Crippen LogP contribution in [0.25, 0.3) is 5.76 Å². The first-order valence-corrected chi connectivity index (χ1v) is 11.5. The van der Waals surface area contributed by atoms with Crippen LogP contribution < -0.4 is 9.64 Å². The van der Waals surface area contributed by atoms with Crippen LogP contribution in [-0.4, -0.2) is 28.4 Å². The monoisotopic (exact) mass is 456 g/mol. The van der Waals surface area contributed by atoms with E-state index in [1.165, 1.54) is 4.90 Å². The maximum absolute atomic E-state index is 13.2. The molecule has 3 aromatic rings. The minimum Gasteiger partial charge on any atom is -0.507 e. The lowest BCUT2D eigenvalue weighted by Crippen LogP contribution is -2.30. The SMILES string of the molecule is CCCCCOc1ccc(/C(O)=C2/C(=O)C(=O)N(c3ccccc3C)C2c2ccccn2)cc1. The van der Waals surface area contributed by atoms with E-state index in [9.17, 15) is 14.7 Å². The molecule has 1 unspecified atom stereocenters. The van der Waals surface area contributed by atoms with Crippen molar-refractivity contribution in [3.8, 4) is 5.75 Å². The number of aromatic nitrogens is 1. The fraction of sp³-hybridized carbons (Fsp3) is 0.250. The molecule has 1 atom stereocenters. The number of ketones is 1. The van der Waals surface area contributed by atoms with Gasteiger partial charge in [-0.05, 0) is 61.4 Å². The molecule has 6 nitrogen and oxygen atoms in total. The van der Waals surface area contributed by atoms with Gasteiger partial charge in [0.05, 0.1) is 17.9 Å². The van der Waals surface area contributed by atoms with Crippen LogP contribution in [-0.2, 0) is 9.59 Å². The number of rotatable bonds is 8. The number of pyridine rings is 1. The Morgan fingerprint density at radius 2 is 1.74 bits per heavy atom. The molecule has 34 heavy (non-hydrogen) atoms. The van der Waals surface area contributed by atoms with Crippen molar-refractivity contribution in [1.29, 1.82) is 0 Å². The molecule has 2 heterocycles. The van der Waals surface area contributed by atoms with E-state index in [4.69, 9.17) is 4.74 Å². The molecule has 1 aliphatic rings. The summed E-state index contributed by atoms with van der Waals surface area (Å²) in [4.78, 5) is 32.2. The van der Waals surface area contributed by atoms with Crippen molar-refractivity contribution in [2.75, 3.05) is 11.5 Å². The predicted molar refractivity (Wildman–Crippen MR) is 132 cm³/mol. The van der Waals surface area contributed by atoms with E-state index in [2.05, 4.69) is 11.9 Å². The van der Waals surface area contributed by atoms with Gasteiger partial charge in [0.2, 0.25) is 0 Å². The first-order chi connectivity index (χ1) is 16.5. The molecule has 1 N–H and O–H groups in total. The Morgan fingerprint density at radius 1 is 1.00 bits per heavy atom. The van der Waals surface area contributed by atoms with E-state index < -0.39 is 17.7 Å². The van der Waals surface area contributed by atoms with Crippen LogP contribution in [0.4, 0.5) is 5.69 Å². The maximum atomic E-state index is 13.2. The van der Waals surface area contributed by atoms with Crippen molar-refractivity contribution in [1.82, 2.24) is 4.98 Å². The van der Waals surface area contributed by atoms with Gasteiger partial charge in [-0.2, -0.15) is 0 Å². The zero-order chi connectivity index (χ0) is 24.1. The number of aliphatic hydroxyl groups is 1. The fourth-order valence-electron chi connectivity index (χ4n) is 4.14. The lowest BCUT2D eigenvalue weighted by Gasteiger charge is -2.26. The summed E-state index contributed by atoms with van der Waals surface area (Å²) < 4.78 is 5.75. The van der Waals surface area contributed by atoms with Crippen LogP contribution in [0.3, 0.4) is 0 Å². The molecule has 1 amide bonds. The lowest BCUT2D eigenvalue weighted by molar-refractivity contribution is -0.132. The highest BCUT2D eigenvalue weighted by Crippen LogP contribution is 2.42. The minimum absolute atomic E-state index is 0.0172. The molecule has 0 spiro atoms. The van der Waals surface area contributed by atoms with Crippen LogP contribution in [0.5, 0.6) is 5.75 Å². The summed E-state index contributed by atoms with van der Waals surface area (Å²) in [6.45, 7) is 4.64. The van der Waals surface area contributed by atoms with Crippen LogP contribution in [0.1, 0.15) is 49.0 Å². The van der Waals surface area contributed by atoms with Gasteiger partial charge in [0, 0.05) is 17.4 Å². The summed E-state index contributed by atoms with van der Waals surface area (Å²) in [5, 5.41) is 11.2. The number of carbonyl (C=O) groups is 2. The smallest absolute Gasteiger partial charge is 0.300 e. The Morgan fingerprint density at radius 3 is 2.41 bits per heavy atom. The molecule has 1 aliphatic heterocycles. The minimum atomic E-state index is -0.840. The van der Waals surface area contributed by atoms with Gasteiger partial charge in [0.25, 0.3) is 11.7 Å². The Hall–Kier alpha value is -3.93. The Bertz CT molecular complexity index is 1200. The number of nitrogens with zero attached hydrogens (tertiary/aromatic N) is 2. The summed E-state index contributed by atoms with van der Waals surface area (Å²) in [5.74, 6) is -0.976. The molecule has 1 saturated heterocycles. The fourth-order valence-corrected chi connectivity index (χ4v) is 4.14. The molecule has 174 valence electrons. The van der Waals surface area contributed by atoms with E-state index in [-0.39, 0.29) is 11.3 Å². The van der Waals surface area contributed by atoms with Crippen LogP contribution in [0.2, 0.25) is 0 Å². The van der Waals surface area contributed by atoms with Crippen molar-refractivity contribution >= 4 is 23.1 Å². The molecule has 0 radical (unpaired) electrons. The number of aliphatic hydroxyl groups excluding tert-OH is 1. The first kappa shape index (κ1) is 23.2. The zero-order valence-corrected chi connectivity index (χ0v) is 19.4. The van der Waals surface area contributed by atoms with E-state index in [1.807, 2.05) is 25.1 Å². The van der Waals surface area contributed by atoms with Gasteiger partial charge in [-0.15, -0.1) is 0 Å². The quantitative estimate of drug-likeness (QED) is 0.207. The molecule has 2 aromatic carbocycles. The second-order valence-electron chi connectivity index (χ2n) is 8.29. The molecule has 0 bridgehead atoms. The second kappa shape index (κ2) is 10.3. The van der Waals surface area contributed by atoms with Crippen molar-refractivity contribution in [2.24, 2.45) is 0 Å². The normalized spacial score (nSPS) is 17.2. The largest absolute Gasteiger partial charge is 0.507 e. The molecule has 1 aromatic heterocycles. The summed E-state index contributed by atoms with van der Waals surface area (Å²) in [5.41, 5.74) is 2.40. The molecule has 1 fully saturated rings. The Labute approximate surface area is 199 Å². The summed E-state index contributed by atoms with van der Waals surface area (Å²) >= 11 is 0. The van der Waals surface area contributed by atoms with Gasteiger partial charge >= 0.3 is 0 Å². The van der Waals surface area contributed by atoms with Gasteiger partial charge in [-0.3, -0.25) is 19.5 Å². The highest BCUT2D eigenvalue weighted by Gasteiger charge is 2.47. The zero-order valence-electron chi connectivity index (χ0n) is 19.4. The average molecular weight is 457 g/mol. The predicted octanol–water partition coefficient (Wildman–Crippen LogP) is 5.59. The van der Waals surface area contributed by atoms with Crippen molar-refractivity contribution in [3.05, 3.63) is 95.3 Å². The van der Waals surface area contributed by atoms with Gasteiger partial charge in [-0.1, -0.05) is 44.0 Å². The number of amides is 1. The van der Waals surface area contributed by atoms with Crippen molar-refractivity contribution < 1.29 is 19.4 Å². The third-order valence-electron chi connectivity index (χ3n) is 5.93. The number of benzene rings is 2. The van der Waals surface area contributed by atoms with Gasteiger partial charge in [0.15, 0.2) is 0 Å². The number of aryl methyl sites for hydroxylation is 1. The van der Waals surface area contributed by atoms with Gasteiger partial charge < -0.3 is 9.84 Å². The number of Topliss-reactive ketones (excluding diaryl/α,β-unsaturated/α-hetero) is 1. The molecular weight excluding hydrogens is 428 g/mol. The number of carbonyl (C=O) groups excluding carboxylic acids is 2. The summed E-state index contributed by atoms with van der Waals surface area (Å²) in [6, 6.07) is 18.7. The number of hydrogen-bond donors (Lipinski definition) is 1. The molecular formula is C28H28N2O4. The van der Waals surface area contributed by atoms with E-state index in [0.717, 1.165) is 24.8 Å². The first-order valence-electron chi connectivity index (χ1n) is 11.5. The van der Waals surface area contributed by atoms with Crippen molar-refractivity contribution in [3.63, 3.8) is 0 Å². The molecule has 0 saturated carbocycles. The molecule has 0 aliphatic carbocycles. The maximum Gasteiger partial charge on any atom is 0.300 e. The summed E-state index contributed by atoms with van der Waals surface area (Å²) in [6.07, 6.45) is 4.81.